The third-order valence-electron chi connectivity index (χ3n) is 2.27. The van der Waals surface area contributed by atoms with Crippen molar-refractivity contribution >= 4 is 0 Å². The van der Waals surface area contributed by atoms with Crippen LogP contribution in [0, 0.1) is 0 Å². The molecule has 1 aromatic rings. The van der Waals surface area contributed by atoms with Gasteiger partial charge in [-0.25, -0.2) is 0 Å². The molecule has 0 atom stereocenters. The molecule has 1 rings (SSSR count). The van der Waals surface area contributed by atoms with Gasteiger partial charge in [-0.3, -0.25) is 0 Å². The SMILES string of the molecule is CCn1cnnc1CNCCCCOC. The van der Waals surface area contributed by atoms with Gasteiger partial charge in [-0.2, -0.15) is 0 Å². The van der Waals surface area contributed by atoms with Crippen molar-refractivity contribution in [3.05, 3.63) is 12.2 Å². The Labute approximate surface area is 90.8 Å². The Kier molecular flexibility index (Phi) is 5.96. The number of unbranched alkanes of at least 4 members (excludes halogenated alkanes) is 1. The molecule has 86 valence electrons. The number of hydrogen-bond acceptors (Lipinski definition) is 4. The molecule has 1 aromatic heterocycles. The van der Waals surface area contributed by atoms with Gasteiger partial charge >= 0.3 is 0 Å². The molecule has 0 aliphatic heterocycles. The van der Waals surface area contributed by atoms with Gasteiger partial charge in [0.2, 0.25) is 0 Å². The van der Waals surface area contributed by atoms with Gasteiger partial charge in [0.1, 0.15) is 12.2 Å². The van der Waals surface area contributed by atoms with E-state index in [1.54, 1.807) is 13.4 Å². The second-order valence-electron chi connectivity index (χ2n) is 3.41. The zero-order valence-electron chi connectivity index (χ0n) is 9.57. The van der Waals surface area contributed by atoms with E-state index in [0.717, 1.165) is 44.9 Å². The van der Waals surface area contributed by atoms with Crippen LogP contribution in [-0.2, 0) is 17.8 Å². The van der Waals surface area contributed by atoms with Gasteiger partial charge in [-0.05, 0) is 26.3 Å². The van der Waals surface area contributed by atoms with Crippen LogP contribution in [0.2, 0.25) is 0 Å². The molecule has 0 unspecified atom stereocenters. The number of methoxy groups -OCH3 is 1. The van der Waals surface area contributed by atoms with Gasteiger partial charge in [-0.15, -0.1) is 10.2 Å². The highest BCUT2D eigenvalue weighted by Gasteiger charge is 2.00. The normalized spacial score (nSPS) is 10.8. The molecule has 0 aromatic carbocycles. The van der Waals surface area contributed by atoms with Gasteiger partial charge in [0.25, 0.3) is 0 Å². The van der Waals surface area contributed by atoms with Crippen LogP contribution in [-0.4, -0.2) is 35.0 Å². The van der Waals surface area contributed by atoms with Crippen LogP contribution in [0.1, 0.15) is 25.6 Å². The molecule has 15 heavy (non-hydrogen) atoms. The van der Waals surface area contributed by atoms with E-state index in [2.05, 4.69) is 22.4 Å². The van der Waals surface area contributed by atoms with E-state index in [9.17, 15) is 0 Å². The Bertz CT molecular complexity index is 262. The number of nitrogens with zero attached hydrogens (tertiary/aromatic N) is 3. The van der Waals surface area contributed by atoms with Crippen molar-refractivity contribution in [2.45, 2.75) is 32.9 Å². The Morgan fingerprint density at radius 3 is 3.07 bits per heavy atom. The Morgan fingerprint density at radius 2 is 2.33 bits per heavy atom. The van der Waals surface area contributed by atoms with E-state index < -0.39 is 0 Å². The highest BCUT2D eigenvalue weighted by Crippen LogP contribution is 1.94. The monoisotopic (exact) mass is 212 g/mol. The molecule has 0 aliphatic rings. The number of nitrogens with one attached hydrogen (secondary N) is 1. The minimum Gasteiger partial charge on any atom is -0.385 e. The van der Waals surface area contributed by atoms with E-state index in [1.165, 1.54) is 0 Å². The number of rotatable bonds is 8. The van der Waals surface area contributed by atoms with Crippen LogP contribution >= 0.6 is 0 Å². The molecule has 5 heteroatoms. The second-order valence-corrected chi connectivity index (χ2v) is 3.41. The second kappa shape index (κ2) is 7.36. The molecule has 0 fully saturated rings. The number of aromatic nitrogens is 3. The lowest BCUT2D eigenvalue weighted by Crippen LogP contribution is -2.18. The van der Waals surface area contributed by atoms with Crippen LogP contribution < -0.4 is 5.32 Å². The van der Waals surface area contributed by atoms with Crippen molar-refractivity contribution in [2.24, 2.45) is 0 Å². The average molecular weight is 212 g/mol. The standard InChI is InChI=1S/C10H20N4O/c1-3-14-9-12-13-10(14)8-11-6-4-5-7-15-2/h9,11H,3-8H2,1-2H3. The van der Waals surface area contributed by atoms with Crippen molar-refractivity contribution in [1.29, 1.82) is 0 Å². The van der Waals surface area contributed by atoms with Crippen molar-refractivity contribution in [3.8, 4) is 0 Å². The first-order chi connectivity index (χ1) is 7.38. The van der Waals surface area contributed by atoms with Gasteiger partial charge in [0.15, 0.2) is 0 Å². The Hall–Kier alpha value is -0.940. The van der Waals surface area contributed by atoms with Crippen molar-refractivity contribution in [1.82, 2.24) is 20.1 Å². The van der Waals surface area contributed by atoms with Crippen molar-refractivity contribution in [3.63, 3.8) is 0 Å². The van der Waals surface area contributed by atoms with Crippen LogP contribution in [0.5, 0.6) is 0 Å². The summed E-state index contributed by atoms with van der Waals surface area (Å²) in [5.41, 5.74) is 0. The molecular formula is C10H20N4O. The van der Waals surface area contributed by atoms with Gasteiger partial charge in [0.05, 0.1) is 6.54 Å². The van der Waals surface area contributed by atoms with Gasteiger partial charge in [0, 0.05) is 20.3 Å². The predicted molar refractivity (Wildman–Crippen MR) is 58.5 cm³/mol. The van der Waals surface area contributed by atoms with Crippen molar-refractivity contribution in [2.75, 3.05) is 20.3 Å². The molecular weight excluding hydrogens is 192 g/mol. The zero-order chi connectivity index (χ0) is 10.9. The maximum absolute atomic E-state index is 4.98. The van der Waals surface area contributed by atoms with E-state index in [4.69, 9.17) is 4.74 Å². The maximum Gasteiger partial charge on any atom is 0.146 e. The lowest BCUT2D eigenvalue weighted by atomic mass is 10.3. The van der Waals surface area contributed by atoms with Crippen LogP contribution in [0.15, 0.2) is 6.33 Å². The molecule has 0 spiro atoms. The van der Waals surface area contributed by atoms with Gasteiger partial charge in [-0.1, -0.05) is 0 Å². The van der Waals surface area contributed by atoms with Crippen molar-refractivity contribution < 1.29 is 4.74 Å². The van der Waals surface area contributed by atoms with Gasteiger partial charge < -0.3 is 14.6 Å². The summed E-state index contributed by atoms with van der Waals surface area (Å²) >= 11 is 0. The number of aryl methyl sites for hydroxylation is 1. The minimum absolute atomic E-state index is 0.792. The summed E-state index contributed by atoms with van der Waals surface area (Å²) in [6.45, 7) is 5.65. The fourth-order valence-electron chi connectivity index (χ4n) is 1.38. The van der Waals surface area contributed by atoms with E-state index in [-0.39, 0.29) is 0 Å². The first-order valence-electron chi connectivity index (χ1n) is 5.44. The summed E-state index contributed by atoms with van der Waals surface area (Å²) < 4.78 is 7.02. The summed E-state index contributed by atoms with van der Waals surface area (Å²) in [6, 6.07) is 0. The van der Waals surface area contributed by atoms with E-state index in [0.29, 0.717) is 0 Å². The van der Waals surface area contributed by atoms with E-state index in [1.807, 2.05) is 4.57 Å². The first kappa shape index (κ1) is 12.1. The smallest absolute Gasteiger partial charge is 0.146 e. The first-order valence-corrected chi connectivity index (χ1v) is 5.44. The quantitative estimate of drug-likeness (QED) is 0.648. The predicted octanol–water partition coefficient (Wildman–Crippen LogP) is 0.814. The topological polar surface area (TPSA) is 52.0 Å². The van der Waals surface area contributed by atoms with Crippen LogP contribution in [0.3, 0.4) is 0 Å². The molecule has 1 N–H and O–H groups in total. The summed E-state index contributed by atoms with van der Waals surface area (Å²) in [5.74, 6) is 1.00. The molecule has 5 nitrogen and oxygen atoms in total. The molecule has 0 aliphatic carbocycles. The summed E-state index contributed by atoms with van der Waals surface area (Å²) in [5, 5.41) is 11.3. The summed E-state index contributed by atoms with van der Waals surface area (Å²) in [7, 11) is 1.73. The Balaban J connectivity index is 2.09. The molecule has 0 saturated heterocycles. The molecule has 0 radical (unpaired) electrons. The zero-order valence-corrected chi connectivity index (χ0v) is 9.57. The fourth-order valence-corrected chi connectivity index (χ4v) is 1.38. The largest absolute Gasteiger partial charge is 0.385 e. The molecule has 0 saturated carbocycles. The summed E-state index contributed by atoms with van der Waals surface area (Å²) in [4.78, 5) is 0. The average Bonchev–Trinajstić information content (AvgIpc) is 2.70. The molecule has 0 amide bonds. The maximum atomic E-state index is 4.98. The minimum atomic E-state index is 0.792. The summed E-state index contributed by atoms with van der Waals surface area (Å²) in [6.07, 6.45) is 4.00. The molecule has 0 bridgehead atoms. The third kappa shape index (κ3) is 4.40. The Morgan fingerprint density at radius 1 is 1.47 bits per heavy atom. The fraction of sp³-hybridized carbons (Fsp3) is 0.800. The number of hydrogen-bond donors (Lipinski definition) is 1. The highest BCUT2D eigenvalue weighted by molar-refractivity contribution is 4.84. The molecule has 1 heterocycles. The van der Waals surface area contributed by atoms with Crippen LogP contribution in [0.4, 0.5) is 0 Å². The lowest BCUT2D eigenvalue weighted by molar-refractivity contribution is 0.192. The van der Waals surface area contributed by atoms with E-state index >= 15 is 0 Å². The van der Waals surface area contributed by atoms with Crippen LogP contribution in [0.25, 0.3) is 0 Å². The highest BCUT2D eigenvalue weighted by atomic mass is 16.5. The lowest BCUT2D eigenvalue weighted by Gasteiger charge is -2.05. The number of ether oxygens (including phenoxy) is 1. The third-order valence-corrected chi connectivity index (χ3v) is 2.27.